The fourth-order valence-corrected chi connectivity index (χ4v) is 11.9. The van der Waals surface area contributed by atoms with Crippen molar-refractivity contribution in [1.29, 1.82) is 0 Å². The number of hydrogen-bond donors (Lipinski definition) is 0. The number of nitrogens with zero attached hydrogens (tertiary/aromatic N) is 2. The number of halogens is 2. The smallest absolute Gasteiger partial charge is 0.0782 e. The Labute approximate surface area is 507 Å². The monoisotopic (exact) mass is 1200 g/mol. The van der Waals surface area contributed by atoms with E-state index >= 15 is 0 Å². The summed E-state index contributed by atoms with van der Waals surface area (Å²) < 4.78 is 2.49. The molecule has 0 fully saturated rings. The Morgan fingerprint density at radius 3 is 0.303 bits per heavy atom. The van der Waals surface area contributed by atoms with E-state index in [9.17, 15) is 0 Å². The second-order valence-corrected chi connectivity index (χ2v) is 26.6. The SMILES string of the molecule is CCCCCCCCCCCCCCCCCC[N+](C)(C)CCCCCCCCCCCCCCCCCC.CCCCCCCCCCCCCCCC[N+](C)(C)CCCCCCCCCCCCCCCC.[Br-].[Br-]. The molecule has 0 aliphatic rings. The third-order valence-electron chi connectivity index (χ3n) is 17.5. The van der Waals surface area contributed by atoms with Crippen molar-refractivity contribution in [3.63, 3.8) is 0 Å². The number of rotatable bonds is 64. The van der Waals surface area contributed by atoms with Gasteiger partial charge in [-0.1, -0.05) is 362 Å². The zero-order chi connectivity index (χ0) is 54.3. The zero-order valence-corrected chi connectivity index (χ0v) is 58.1. The van der Waals surface area contributed by atoms with Gasteiger partial charge in [0.05, 0.1) is 54.4 Å². The molecule has 0 aliphatic heterocycles. The topological polar surface area (TPSA) is 0 Å². The van der Waals surface area contributed by atoms with Crippen LogP contribution in [-0.2, 0) is 0 Å². The van der Waals surface area contributed by atoms with Crippen molar-refractivity contribution >= 4 is 0 Å². The Morgan fingerprint density at radius 1 is 0.132 bits per heavy atom. The Morgan fingerprint density at radius 2 is 0.211 bits per heavy atom. The van der Waals surface area contributed by atoms with Gasteiger partial charge < -0.3 is 42.9 Å². The maximum atomic E-state index is 2.47. The number of hydrogen-bond acceptors (Lipinski definition) is 0. The van der Waals surface area contributed by atoms with Crippen LogP contribution in [0.3, 0.4) is 0 Å². The van der Waals surface area contributed by atoms with Gasteiger partial charge in [0.25, 0.3) is 0 Å². The Kier molecular flexibility index (Phi) is 78.9. The summed E-state index contributed by atoms with van der Waals surface area (Å²) in [5.74, 6) is 0. The normalized spacial score (nSPS) is 11.7. The molecule has 0 heterocycles. The van der Waals surface area contributed by atoms with E-state index < -0.39 is 0 Å². The van der Waals surface area contributed by atoms with Crippen LogP contribution in [0, 0.1) is 0 Å². The van der Waals surface area contributed by atoms with Gasteiger partial charge in [0, 0.05) is 0 Å². The first-order valence-corrected chi connectivity index (χ1v) is 35.9. The van der Waals surface area contributed by atoms with Crippen molar-refractivity contribution in [3.8, 4) is 0 Å². The highest BCUT2D eigenvalue weighted by Crippen LogP contribution is 2.19. The lowest BCUT2D eigenvalue weighted by molar-refractivity contribution is -0.890. The van der Waals surface area contributed by atoms with Gasteiger partial charge in [0.15, 0.2) is 0 Å². The second-order valence-electron chi connectivity index (χ2n) is 26.6. The van der Waals surface area contributed by atoms with Crippen LogP contribution < -0.4 is 34.0 Å². The summed E-state index contributed by atoms with van der Waals surface area (Å²) in [6, 6.07) is 0. The molecule has 2 nitrogen and oxygen atoms in total. The van der Waals surface area contributed by atoms with Crippen LogP contribution in [0.2, 0.25) is 0 Å². The van der Waals surface area contributed by atoms with Crippen LogP contribution in [0.5, 0.6) is 0 Å². The van der Waals surface area contributed by atoms with E-state index in [-0.39, 0.29) is 34.0 Å². The van der Waals surface area contributed by atoms with Crippen LogP contribution in [0.4, 0.5) is 0 Å². The van der Waals surface area contributed by atoms with Gasteiger partial charge in [-0.05, 0) is 51.4 Å². The maximum absolute atomic E-state index is 2.47. The minimum absolute atomic E-state index is 0. The molecule has 0 aliphatic carbocycles. The van der Waals surface area contributed by atoms with Gasteiger partial charge in [0.1, 0.15) is 0 Å². The summed E-state index contributed by atoms with van der Waals surface area (Å²) in [5, 5.41) is 0. The summed E-state index contributed by atoms with van der Waals surface area (Å²) in [6.07, 6.45) is 87.9. The van der Waals surface area contributed by atoms with Crippen molar-refractivity contribution in [2.24, 2.45) is 0 Å². The first-order valence-electron chi connectivity index (χ1n) is 35.9. The van der Waals surface area contributed by atoms with Gasteiger partial charge in [-0.15, -0.1) is 0 Å². The standard InChI is InChI=1S/C38H80N.C34H72N.2BrH/c1-5-7-9-11-13-15-17-19-21-23-25-27-29-31-33-35-37-39(3,4)38-36-34-32-30-28-26-24-22-20-18-16-14-12-10-8-6-2;1-5-7-9-11-13-15-17-19-21-23-25-27-29-31-33-35(3,4)34-32-30-28-26-24-22-20-18-16-14-12-10-8-6-2;;/h5-38H2,1-4H3;5-34H2,1-4H3;2*1H/q2*+1;;/p-2. The van der Waals surface area contributed by atoms with Crippen LogP contribution in [-0.4, -0.2) is 63.3 Å². The predicted molar refractivity (Wildman–Crippen MR) is 343 cm³/mol. The van der Waals surface area contributed by atoms with Crippen molar-refractivity contribution in [1.82, 2.24) is 0 Å². The minimum atomic E-state index is 0. The summed E-state index contributed by atoms with van der Waals surface area (Å²) in [7, 11) is 9.86. The van der Waals surface area contributed by atoms with Crippen LogP contribution in [0.15, 0.2) is 0 Å². The summed E-state index contributed by atoms with van der Waals surface area (Å²) in [5.41, 5.74) is 0. The van der Waals surface area contributed by atoms with Crippen molar-refractivity contribution in [2.75, 3.05) is 54.4 Å². The zero-order valence-electron chi connectivity index (χ0n) is 54.9. The van der Waals surface area contributed by atoms with Gasteiger partial charge in [-0.3, -0.25) is 0 Å². The van der Waals surface area contributed by atoms with Crippen molar-refractivity contribution in [3.05, 3.63) is 0 Å². The number of unbranched alkanes of at least 4 members (excludes halogenated alkanes) is 56. The molecule has 0 bridgehead atoms. The molecule has 464 valence electrons. The molecule has 0 rings (SSSR count). The molecular weight excluding hydrogens is 1050 g/mol. The molecule has 0 N–H and O–H groups in total. The Balaban J connectivity index is -0.000000668. The molecule has 0 saturated heterocycles. The highest BCUT2D eigenvalue weighted by Gasteiger charge is 2.15. The molecular formula is C72H152Br2N2. The molecule has 4 heteroatoms. The molecule has 0 spiro atoms. The van der Waals surface area contributed by atoms with E-state index in [2.05, 4.69) is 55.9 Å². The van der Waals surface area contributed by atoms with Crippen LogP contribution in [0.1, 0.15) is 413 Å². The van der Waals surface area contributed by atoms with Crippen molar-refractivity contribution in [2.45, 2.75) is 413 Å². The quantitative estimate of drug-likeness (QED) is 0.0421. The average molecular weight is 1210 g/mol. The predicted octanol–water partition coefficient (Wildman–Crippen LogP) is 19.6. The van der Waals surface area contributed by atoms with Gasteiger partial charge >= 0.3 is 0 Å². The molecule has 0 radical (unpaired) electrons. The molecule has 0 aromatic rings. The Hall–Kier alpha value is 0.880. The van der Waals surface area contributed by atoms with E-state index in [1.54, 1.807) is 0 Å². The van der Waals surface area contributed by atoms with Crippen LogP contribution in [0.25, 0.3) is 0 Å². The molecule has 0 aromatic carbocycles. The largest absolute Gasteiger partial charge is 1.00 e. The maximum Gasteiger partial charge on any atom is 0.0782 e. The van der Waals surface area contributed by atoms with Crippen molar-refractivity contribution < 1.29 is 42.9 Å². The Bertz CT molecular complexity index is 896. The highest BCUT2D eigenvalue weighted by atomic mass is 79.9. The third kappa shape index (κ3) is 76.9. The van der Waals surface area contributed by atoms with Gasteiger partial charge in [-0.2, -0.15) is 0 Å². The summed E-state index contributed by atoms with van der Waals surface area (Å²) >= 11 is 0. The molecule has 0 aromatic heterocycles. The van der Waals surface area contributed by atoms with Gasteiger partial charge in [0.2, 0.25) is 0 Å². The third-order valence-corrected chi connectivity index (χ3v) is 17.5. The van der Waals surface area contributed by atoms with E-state index in [1.165, 1.54) is 420 Å². The van der Waals surface area contributed by atoms with E-state index in [1.807, 2.05) is 0 Å². The number of quaternary nitrogens is 2. The fourth-order valence-electron chi connectivity index (χ4n) is 11.9. The molecule has 0 amide bonds. The van der Waals surface area contributed by atoms with Gasteiger partial charge in [-0.25, -0.2) is 0 Å². The summed E-state index contributed by atoms with van der Waals surface area (Å²) in [4.78, 5) is 0. The van der Waals surface area contributed by atoms with E-state index in [4.69, 9.17) is 0 Å². The first kappa shape index (κ1) is 83.3. The average Bonchev–Trinajstić information content (AvgIpc) is 3.38. The lowest BCUT2D eigenvalue weighted by Crippen LogP contribution is -3.00. The molecule has 0 unspecified atom stereocenters. The lowest BCUT2D eigenvalue weighted by Gasteiger charge is -2.30. The lowest BCUT2D eigenvalue weighted by atomic mass is 10.0. The summed E-state index contributed by atoms with van der Waals surface area (Å²) in [6.45, 7) is 14.8. The molecule has 0 saturated carbocycles. The van der Waals surface area contributed by atoms with E-state index in [0.29, 0.717) is 0 Å². The fraction of sp³-hybridized carbons (Fsp3) is 1.00. The van der Waals surface area contributed by atoms with E-state index in [0.717, 1.165) is 0 Å². The molecule has 76 heavy (non-hydrogen) atoms. The second kappa shape index (κ2) is 72.0. The highest BCUT2D eigenvalue weighted by molar-refractivity contribution is 4.55. The van der Waals surface area contributed by atoms with Crippen LogP contribution >= 0.6 is 0 Å². The minimum Gasteiger partial charge on any atom is -1.00 e. The first-order chi connectivity index (χ1) is 36.2. The molecule has 0 atom stereocenters.